The number of rotatable bonds is 15. The normalized spacial score (nSPS) is 15.3. The molecule has 0 spiro atoms. The third-order valence-electron chi connectivity index (χ3n) is 5.05. The van der Waals surface area contributed by atoms with Crippen molar-refractivity contribution in [2.75, 3.05) is 18.8 Å². The third-order valence-corrected chi connectivity index (χ3v) is 5.85. The van der Waals surface area contributed by atoms with Gasteiger partial charge in [-0.1, -0.05) is 65.1 Å². The minimum atomic E-state index is -0.971. The number of nitrogens with one attached hydrogen (secondary N) is 1. The molecule has 178 valence electrons. The van der Waals surface area contributed by atoms with E-state index in [-0.39, 0.29) is 17.0 Å². The van der Waals surface area contributed by atoms with Gasteiger partial charge in [0, 0.05) is 25.8 Å². The SMILES string of the molecule is CCCCC(CC)CCN(CCSC(C)=O)C(O)N[C@H](C(=O)OC(C)(C)C)C(C)C. The van der Waals surface area contributed by atoms with E-state index in [9.17, 15) is 14.7 Å². The summed E-state index contributed by atoms with van der Waals surface area (Å²) in [6.45, 7) is 16.6. The van der Waals surface area contributed by atoms with Crippen LogP contribution in [0.5, 0.6) is 0 Å². The molecule has 0 aromatic rings. The number of thioether (sulfide) groups is 1. The van der Waals surface area contributed by atoms with Crippen molar-refractivity contribution in [1.29, 1.82) is 0 Å². The number of hydrogen-bond acceptors (Lipinski definition) is 7. The zero-order valence-electron chi connectivity index (χ0n) is 20.5. The van der Waals surface area contributed by atoms with Crippen molar-refractivity contribution in [1.82, 2.24) is 10.2 Å². The summed E-state index contributed by atoms with van der Waals surface area (Å²) in [5.74, 6) is 0.838. The Labute approximate surface area is 188 Å². The fourth-order valence-corrected chi connectivity index (χ4v) is 3.83. The van der Waals surface area contributed by atoms with Gasteiger partial charge >= 0.3 is 5.97 Å². The van der Waals surface area contributed by atoms with Crippen LogP contribution in [-0.2, 0) is 14.3 Å². The Morgan fingerprint density at radius 3 is 2.23 bits per heavy atom. The van der Waals surface area contributed by atoms with Crippen molar-refractivity contribution in [3.05, 3.63) is 0 Å². The van der Waals surface area contributed by atoms with Gasteiger partial charge in [-0.25, -0.2) is 0 Å². The highest BCUT2D eigenvalue weighted by atomic mass is 32.2. The van der Waals surface area contributed by atoms with Gasteiger partial charge in [-0.2, -0.15) is 0 Å². The largest absolute Gasteiger partial charge is 0.459 e. The first-order valence-corrected chi connectivity index (χ1v) is 12.4. The summed E-state index contributed by atoms with van der Waals surface area (Å²) in [5, 5.41) is 14.1. The van der Waals surface area contributed by atoms with Crippen molar-refractivity contribution in [2.24, 2.45) is 11.8 Å². The van der Waals surface area contributed by atoms with Gasteiger partial charge in [-0.3, -0.25) is 19.8 Å². The highest BCUT2D eigenvalue weighted by Gasteiger charge is 2.31. The zero-order chi connectivity index (χ0) is 23.3. The summed E-state index contributed by atoms with van der Waals surface area (Å²) in [6, 6.07) is -0.607. The van der Waals surface area contributed by atoms with Crippen molar-refractivity contribution in [3.8, 4) is 0 Å². The van der Waals surface area contributed by atoms with E-state index in [0.29, 0.717) is 24.8 Å². The van der Waals surface area contributed by atoms with Gasteiger partial charge in [0.15, 0.2) is 11.5 Å². The van der Waals surface area contributed by atoms with Crippen molar-refractivity contribution in [2.45, 2.75) is 105 Å². The molecular weight excluding hydrogens is 400 g/mol. The van der Waals surface area contributed by atoms with Crippen LogP contribution in [0.1, 0.15) is 87.5 Å². The second-order valence-electron chi connectivity index (χ2n) is 9.38. The summed E-state index contributed by atoms with van der Waals surface area (Å²) >= 11 is 1.26. The number of nitrogens with zero attached hydrogens (tertiary/aromatic N) is 1. The monoisotopic (exact) mass is 446 g/mol. The summed E-state index contributed by atoms with van der Waals surface area (Å²) in [4.78, 5) is 25.9. The second kappa shape index (κ2) is 15.2. The Bertz CT molecular complexity index is 494. The van der Waals surface area contributed by atoms with Gasteiger partial charge in [-0.05, 0) is 39.0 Å². The quantitative estimate of drug-likeness (QED) is 0.285. The van der Waals surface area contributed by atoms with E-state index >= 15 is 0 Å². The summed E-state index contributed by atoms with van der Waals surface area (Å²) in [6.07, 6.45) is 4.73. The maximum atomic E-state index is 12.6. The maximum absolute atomic E-state index is 12.6. The standard InChI is InChI=1S/C23H46N2O4S/c1-9-11-12-19(10-2)13-14-25(15-16-30-18(5)26)22(28)24-20(17(3)4)21(27)29-23(6,7)8/h17,19-20,22,24,28H,9-16H2,1-8H3/t19?,20-,22?/m0/s1. The summed E-state index contributed by atoms with van der Waals surface area (Å²) < 4.78 is 5.53. The Balaban J connectivity index is 5.13. The van der Waals surface area contributed by atoms with Gasteiger partial charge in [0.1, 0.15) is 11.6 Å². The first kappa shape index (κ1) is 29.4. The van der Waals surface area contributed by atoms with E-state index in [1.165, 1.54) is 31.0 Å². The van der Waals surface area contributed by atoms with E-state index in [0.717, 1.165) is 12.8 Å². The Morgan fingerprint density at radius 1 is 1.13 bits per heavy atom. The highest BCUT2D eigenvalue weighted by Crippen LogP contribution is 2.19. The maximum Gasteiger partial charge on any atom is 0.324 e. The van der Waals surface area contributed by atoms with Crippen LogP contribution in [0.25, 0.3) is 0 Å². The first-order chi connectivity index (χ1) is 13.9. The van der Waals surface area contributed by atoms with Crippen molar-refractivity contribution in [3.63, 3.8) is 0 Å². The molecule has 30 heavy (non-hydrogen) atoms. The average Bonchev–Trinajstić information content (AvgIpc) is 2.62. The van der Waals surface area contributed by atoms with Gasteiger partial charge in [0.05, 0.1) is 0 Å². The smallest absolute Gasteiger partial charge is 0.324 e. The zero-order valence-corrected chi connectivity index (χ0v) is 21.3. The molecule has 2 unspecified atom stereocenters. The minimum absolute atomic E-state index is 0.0316. The lowest BCUT2D eigenvalue weighted by molar-refractivity contribution is -0.161. The van der Waals surface area contributed by atoms with Crippen LogP contribution < -0.4 is 5.32 Å². The molecule has 0 radical (unpaired) electrons. The molecular formula is C23H46N2O4S. The van der Waals surface area contributed by atoms with E-state index in [4.69, 9.17) is 4.74 Å². The molecule has 0 fully saturated rings. The molecule has 0 aromatic carbocycles. The van der Waals surface area contributed by atoms with Gasteiger partial charge in [0.2, 0.25) is 0 Å². The van der Waals surface area contributed by atoms with Crippen LogP contribution in [0.4, 0.5) is 0 Å². The molecule has 0 aliphatic heterocycles. The summed E-state index contributed by atoms with van der Waals surface area (Å²) in [5.41, 5.74) is -0.581. The van der Waals surface area contributed by atoms with E-state index in [2.05, 4.69) is 19.2 Å². The molecule has 0 bridgehead atoms. The average molecular weight is 447 g/mol. The Kier molecular flexibility index (Phi) is 14.9. The fourth-order valence-electron chi connectivity index (χ4n) is 3.22. The van der Waals surface area contributed by atoms with E-state index < -0.39 is 18.0 Å². The van der Waals surface area contributed by atoms with Crippen LogP contribution in [0.2, 0.25) is 0 Å². The first-order valence-electron chi connectivity index (χ1n) is 11.5. The van der Waals surface area contributed by atoms with Crippen LogP contribution in [-0.4, -0.2) is 57.9 Å². The van der Waals surface area contributed by atoms with Gasteiger partial charge in [-0.15, -0.1) is 0 Å². The van der Waals surface area contributed by atoms with Crippen LogP contribution in [0.15, 0.2) is 0 Å². The lowest BCUT2D eigenvalue weighted by Gasteiger charge is -2.34. The Hall–Kier alpha value is -0.630. The van der Waals surface area contributed by atoms with Gasteiger partial charge in [0.25, 0.3) is 0 Å². The number of aliphatic hydroxyl groups is 1. The topological polar surface area (TPSA) is 78.9 Å². The number of carbonyl (C=O) groups is 2. The third kappa shape index (κ3) is 13.6. The Morgan fingerprint density at radius 2 is 1.77 bits per heavy atom. The van der Waals surface area contributed by atoms with Crippen LogP contribution in [0.3, 0.4) is 0 Å². The lowest BCUT2D eigenvalue weighted by Crippen LogP contribution is -2.55. The number of ether oxygens (including phenoxy) is 1. The van der Waals surface area contributed by atoms with E-state index in [1.54, 1.807) is 6.92 Å². The number of aliphatic hydroxyl groups excluding tert-OH is 1. The molecule has 0 saturated carbocycles. The predicted octanol–water partition coefficient (Wildman–Crippen LogP) is 4.41. The molecule has 0 rings (SSSR count). The van der Waals surface area contributed by atoms with E-state index in [1.807, 2.05) is 39.5 Å². The lowest BCUT2D eigenvalue weighted by atomic mass is 9.95. The van der Waals surface area contributed by atoms with Crippen molar-refractivity contribution < 1.29 is 19.4 Å². The molecule has 6 nitrogen and oxygen atoms in total. The minimum Gasteiger partial charge on any atom is -0.459 e. The molecule has 2 N–H and O–H groups in total. The number of unbranched alkanes of at least 4 members (excludes halogenated alkanes) is 1. The molecule has 3 atom stereocenters. The highest BCUT2D eigenvalue weighted by molar-refractivity contribution is 8.13. The molecule has 0 aliphatic carbocycles. The number of hydrogen-bond donors (Lipinski definition) is 2. The fraction of sp³-hybridized carbons (Fsp3) is 0.913. The predicted molar refractivity (Wildman–Crippen MR) is 126 cm³/mol. The van der Waals surface area contributed by atoms with Crippen LogP contribution >= 0.6 is 11.8 Å². The second-order valence-corrected chi connectivity index (χ2v) is 10.6. The van der Waals surface area contributed by atoms with Crippen LogP contribution in [0, 0.1) is 11.8 Å². The number of esters is 1. The molecule has 0 aromatic heterocycles. The molecule has 0 heterocycles. The van der Waals surface area contributed by atoms with Gasteiger partial charge < -0.3 is 9.84 Å². The molecule has 0 aliphatic rings. The molecule has 7 heteroatoms. The molecule has 0 saturated heterocycles. The summed E-state index contributed by atoms with van der Waals surface area (Å²) in [7, 11) is 0. The molecule has 0 amide bonds. The number of carbonyl (C=O) groups excluding carboxylic acids is 2. The van der Waals surface area contributed by atoms with Crippen molar-refractivity contribution >= 4 is 22.8 Å².